The zero-order valence-electron chi connectivity index (χ0n) is 17.1. The van der Waals surface area contributed by atoms with E-state index in [1.807, 2.05) is 4.90 Å². The van der Waals surface area contributed by atoms with Crippen LogP contribution in [0.4, 0.5) is 5.69 Å². The van der Waals surface area contributed by atoms with E-state index in [2.05, 4.69) is 12.2 Å². The maximum absolute atomic E-state index is 13.5. The largest absolute Gasteiger partial charge is 0.395 e. The van der Waals surface area contributed by atoms with Gasteiger partial charge in [-0.2, -0.15) is 0 Å². The Morgan fingerprint density at radius 3 is 2.50 bits per heavy atom. The minimum absolute atomic E-state index is 0.135. The molecule has 2 aromatic carbocycles. The highest BCUT2D eigenvalue weighted by Crippen LogP contribution is 2.35. The smallest absolute Gasteiger partial charge is 0.256 e. The fourth-order valence-corrected chi connectivity index (χ4v) is 4.58. The standard InChI is InChI=1S/C24H26N2O4/c1-2-15-7-5-6-13-26(15)24(30)19-11-10-18-20(21(19)25-12-14-27)23(29)17-9-4-3-8-16(17)22(18)28/h3-4,8-11,15,25,27H,2,5-7,12-14H2,1H3/t15-/m0/s1. The van der Waals surface area contributed by atoms with Crippen LogP contribution in [-0.2, 0) is 0 Å². The van der Waals surface area contributed by atoms with Gasteiger partial charge in [0.15, 0.2) is 11.6 Å². The van der Waals surface area contributed by atoms with Gasteiger partial charge in [-0.3, -0.25) is 14.4 Å². The van der Waals surface area contributed by atoms with Crippen LogP contribution in [0.3, 0.4) is 0 Å². The molecule has 1 amide bonds. The Bertz CT molecular complexity index is 1010. The van der Waals surface area contributed by atoms with Gasteiger partial charge in [0, 0.05) is 35.8 Å². The molecule has 0 radical (unpaired) electrons. The van der Waals surface area contributed by atoms with E-state index in [1.165, 1.54) is 0 Å². The Labute approximate surface area is 175 Å². The Morgan fingerprint density at radius 2 is 1.80 bits per heavy atom. The number of anilines is 1. The van der Waals surface area contributed by atoms with Crippen molar-refractivity contribution in [2.75, 3.05) is 25.0 Å². The van der Waals surface area contributed by atoms with Crippen LogP contribution in [0.2, 0.25) is 0 Å². The first-order chi connectivity index (χ1) is 14.6. The second-order valence-electron chi connectivity index (χ2n) is 7.82. The molecule has 6 nitrogen and oxygen atoms in total. The fraction of sp³-hybridized carbons (Fsp3) is 0.375. The van der Waals surface area contributed by atoms with E-state index in [1.54, 1.807) is 36.4 Å². The molecule has 1 saturated heterocycles. The number of hydrogen-bond donors (Lipinski definition) is 2. The van der Waals surface area contributed by atoms with Gasteiger partial charge in [0.25, 0.3) is 5.91 Å². The number of nitrogens with zero attached hydrogens (tertiary/aromatic N) is 1. The van der Waals surface area contributed by atoms with Crippen LogP contribution < -0.4 is 5.32 Å². The minimum atomic E-state index is -0.277. The summed E-state index contributed by atoms with van der Waals surface area (Å²) in [5, 5.41) is 12.4. The molecule has 0 spiro atoms. The van der Waals surface area contributed by atoms with Crippen molar-refractivity contribution in [3.05, 3.63) is 64.2 Å². The summed E-state index contributed by atoms with van der Waals surface area (Å²) < 4.78 is 0. The topological polar surface area (TPSA) is 86.7 Å². The second kappa shape index (κ2) is 8.40. The first-order valence-electron chi connectivity index (χ1n) is 10.6. The summed E-state index contributed by atoms with van der Waals surface area (Å²) in [4.78, 5) is 41.8. The summed E-state index contributed by atoms with van der Waals surface area (Å²) in [6, 6.07) is 10.2. The van der Waals surface area contributed by atoms with E-state index < -0.39 is 0 Å². The molecular weight excluding hydrogens is 380 g/mol. The Morgan fingerprint density at radius 1 is 1.07 bits per heavy atom. The number of piperidine rings is 1. The SMILES string of the molecule is CC[C@H]1CCCCN1C(=O)c1ccc2c(c1NCCO)C(=O)c1ccccc1C2=O. The molecule has 0 aromatic heterocycles. The highest BCUT2D eigenvalue weighted by molar-refractivity contribution is 6.31. The van der Waals surface area contributed by atoms with E-state index in [0.717, 1.165) is 25.7 Å². The first kappa shape index (κ1) is 20.3. The number of carbonyl (C=O) groups is 3. The summed E-state index contributed by atoms with van der Waals surface area (Å²) in [6.45, 7) is 2.78. The van der Waals surface area contributed by atoms with Crippen LogP contribution >= 0.6 is 0 Å². The first-order valence-corrected chi connectivity index (χ1v) is 10.6. The Balaban J connectivity index is 1.84. The van der Waals surface area contributed by atoms with Crippen molar-refractivity contribution in [1.29, 1.82) is 0 Å². The average Bonchev–Trinajstić information content (AvgIpc) is 2.80. The monoisotopic (exact) mass is 406 g/mol. The number of amides is 1. The molecule has 0 saturated carbocycles. The molecular formula is C24H26N2O4. The van der Waals surface area contributed by atoms with Crippen LogP contribution in [0.1, 0.15) is 74.8 Å². The molecule has 1 atom stereocenters. The Kier molecular flexibility index (Phi) is 5.68. The fourth-order valence-electron chi connectivity index (χ4n) is 4.58. The normalized spacial score (nSPS) is 18.1. The van der Waals surface area contributed by atoms with Gasteiger partial charge in [0.1, 0.15) is 0 Å². The zero-order chi connectivity index (χ0) is 21.3. The average molecular weight is 406 g/mol. The molecule has 0 unspecified atom stereocenters. The van der Waals surface area contributed by atoms with Crippen molar-refractivity contribution < 1.29 is 19.5 Å². The molecule has 156 valence electrons. The number of nitrogens with one attached hydrogen (secondary N) is 1. The molecule has 4 rings (SSSR count). The van der Waals surface area contributed by atoms with Crippen molar-refractivity contribution in [2.24, 2.45) is 0 Å². The van der Waals surface area contributed by atoms with E-state index in [9.17, 15) is 19.5 Å². The van der Waals surface area contributed by atoms with E-state index in [4.69, 9.17) is 0 Å². The lowest BCUT2D eigenvalue weighted by molar-refractivity contribution is 0.0608. The van der Waals surface area contributed by atoms with Crippen molar-refractivity contribution in [3.8, 4) is 0 Å². The highest BCUT2D eigenvalue weighted by atomic mass is 16.3. The third-order valence-corrected chi connectivity index (χ3v) is 6.10. The summed E-state index contributed by atoms with van der Waals surface area (Å²) in [5.74, 6) is -0.638. The van der Waals surface area contributed by atoms with Gasteiger partial charge in [0.2, 0.25) is 0 Å². The van der Waals surface area contributed by atoms with Gasteiger partial charge in [-0.05, 0) is 37.8 Å². The molecule has 30 heavy (non-hydrogen) atoms. The molecule has 1 heterocycles. The molecule has 1 aliphatic carbocycles. The van der Waals surface area contributed by atoms with Crippen LogP contribution in [0.15, 0.2) is 36.4 Å². The van der Waals surface area contributed by atoms with Gasteiger partial charge in [-0.1, -0.05) is 31.2 Å². The van der Waals surface area contributed by atoms with Crippen LogP contribution in [-0.4, -0.2) is 53.2 Å². The lowest BCUT2D eigenvalue weighted by Gasteiger charge is -2.36. The van der Waals surface area contributed by atoms with Gasteiger partial charge in [-0.25, -0.2) is 0 Å². The summed E-state index contributed by atoms with van der Waals surface area (Å²) in [5.41, 5.74) is 1.97. The van der Waals surface area contributed by atoms with E-state index in [-0.39, 0.29) is 42.2 Å². The van der Waals surface area contributed by atoms with E-state index in [0.29, 0.717) is 34.5 Å². The van der Waals surface area contributed by atoms with Gasteiger partial charge >= 0.3 is 0 Å². The third kappa shape index (κ3) is 3.31. The number of aliphatic hydroxyl groups is 1. The Hall–Kier alpha value is -2.99. The second-order valence-corrected chi connectivity index (χ2v) is 7.82. The van der Waals surface area contributed by atoms with Gasteiger partial charge < -0.3 is 15.3 Å². The molecule has 2 aromatic rings. The number of benzene rings is 2. The van der Waals surface area contributed by atoms with Crippen molar-refractivity contribution in [1.82, 2.24) is 4.90 Å². The van der Waals surface area contributed by atoms with E-state index >= 15 is 0 Å². The predicted molar refractivity (Wildman–Crippen MR) is 114 cm³/mol. The predicted octanol–water partition coefficient (Wildman–Crippen LogP) is 3.27. The van der Waals surface area contributed by atoms with Crippen molar-refractivity contribution in [3.63, 3.8) is 0 Å². The van der Waals surface area contributed by atoms with Crippen LogP contribution in [0, 0.1) is 0 Å². The zero-order valence-corrected chi connectivity index (χ0v) is 17.1. The molecule has 2 aliphatic rings. The van der Waals surface area contributed by atoms with Crippen molar-refractivity contribution >= 4 is 23.2 Å². The minimum Gasteiger partial charge on any atom is -0.395 e. The summed E-state index contributed by atoms with van der Waals surface area (Å²) in [7, 11) is 0. The van der Waals surface area contributed by atoms with Gasteiger partial charge in [0.05, 0.1) is 23.4 Å². The van der Waals surface area contributed by atoms with Crippen LogP contribution in [0.5, 0.6) is 0 Å². The van der Waals surface area contributed by atoms with Gasteiger partial charge in [-0.15, -0.1) is 0 Å². The molecule has 1 fully saturated rings. The summed E-state index contributed by atoms with van der Waals surface area (Å²) >= 11 is 0. The number of carbonyl (C=O) groups excluding carboxylic acids is 3. The molecule has 6 heteroatoms. The summed E-state index contributed by atoms with van der Waals surface area (Å²) in [6.07, 6.45) is 3.90. The number of ketones is 2. The molecule has 1 aliphatic heterocycles. The maximum Gasteiger partial charge on any atom is 0.256 e. The lowest BCUT2D eigenvalue weighted by Crippen LogP contribution is -2.43. The number of hydrogen-bond acceptors (Lipinski definition) is 5. The third-order valence-electron chi connectivity index (χ3n) is 6.10. The molecule has 0 bridgehead atoms. The number of rotatable bonds is 5. The highest BCUT2D eigenvalue weighted by Gasteiger charge is 2.35. The number of aliphatic hydroxyl groups excluding tert-OH is 1. The quantitative estimate of drug-likeness (QED) is 0.679. The van der Waals surface area contributed by atoms with Crippen LogP contribution in [0.25, 0.3) is 0 Å². The number of likely N-dealkylation sites (tertiary alicyclic amines) is 1. The molecule has 2 N–H and O–H groups in total. The maximum atomic E-state index is 13.5. The number of fused-ring (bicyclic) bond motifs is 2. The van der Waals surface area contributed by atoms with Crippen molar-refractivity contribution in [2.45, 2.75) is 38.6 Å². The lowest BCUT2D eigenvalue weighted by atomic mass is 9.82.